The minimum absolute atomic E-state index is 0.289. The van der Waals surface area contributed by atoms with Gasteiger partial charge in [-0.25, -0.2) is 0 Å². The Morgan fingerprint density at radius 3 is 2.79 bits per heavy atom. The van der Waals surface area contributed by atoms with Gasteiger partial charge in [-0.05, 0) is 18.2 Å². The molecule has 0 aliphatic rings. The van der Waals surface area contributed by atoms with E-state index in [0.29, 0.717) is 0 Å². The summed E-state index contributed by atoms with van der Waals surface area (Å²) < 4.78 is 1.83. The number of aromatic hydroxyl groups is 1. The van der Waals surface area contributed by atoms with Crippen molar-refractivity contribution in [1.29, 1.82) is 0 Å². The van der Waals surface area contributed by atoms with Crippen LogP contribution in [0.5, 0.6) is 5.75 Å². The van der Waals surface area contributed by atoms with Gasteiger partial charge in [-0.2, -0.15) is 0 Å². The molecular weight excluding hydrogens is 300 g/mol. The Hall–Kier alpha value is -0.230. The van der Waals surface area contributed by atoms with Gasteiger partial charge in [0.1, 0.15) is 8.89 Å². The second-order valence-corrected chi connectivity index (χ2v) is 6.64. The van der Waals surface area contributed by atoms with Gasteiger partial charge in [0.15, 0.2) is 0 Å². The predicted molar refractivity (Wildman–Crippen MR) is 67.8 cm³/mol. The summed E-state index contributed by atoms with van der Waals surface area (Å²) in [6, 6.07) is 5.37. The van der Waals surface area contributed by atoms with Crippen LogP contribution in [0.25, 0.3) is 10.4 Å². The molecule has 14 heavy (non-hydrogen) atoms. The normalized spacial score (nSPS) is 10.4. The van der Waals surface area contributed by atoms with Crippen molar-refractivity contribution >= 4 is 50.8 Å². The summed E-state index contributed by atoms with van der Waals surface area (Å²) in [5.41, 5.74) is 0.830. The van der Waals surface area contributed by atoms with Crippen molar-refractivity contribution < 1.29 is 5.11 Å². The highest BCUT2D eigenvalue weighted by atomic mass is 79.9. The smallest absolute Gasteiger partial charge is 0.144 e. The van der Waals surface area contributed by atoms with Crippen LogP contribution >= 0.6 is 50.8 Å². The van der Waals surface area contributed by atoms with Crippen molar-refractivity contribution in [2.75, 3.05) is 0 Å². The minimum atomic E-state index is 0.289. The predicted octanol–water partition coefficient (Wildman–Crippen LogP) is 4.67. The lowest BCUT2D eigenvalue weighted by Gasteiger charge is -2.01. The van der Waals surface area contributed by atoms with Crippen LogP contribution in [0.4, 0.5) is 0 Å². The molecular formula is C9H5BrOS3. The van der Waals surface area contributed by atoms with E-state index in [1.54, 1.807) is 6.07 Å². The molecule has 0 fully saturated rings. The standard InChI is InChI=1S/C9H5BrOS3/c10-5-1-2-7(11)6(3-5)8-4-13-9(12)14-8/h1-4,11H. The van der Waals surface area contributed by atoms with Crippen molar-refractivity contribution in [3.8, 4) is 16.2 Å². The van der Waals surface area contributed by atoms with Crippen LogP contribution in [0, 0.1) is 3.14 Å². The first-order chi connectivity index (χ1) is 6.66. The zero-order chi connectivity index (χ0) is 10.1. The topological polar surface area (TPSA) is 20.2 Å². The van der Waals surface area contributed by atoms with Crippen molar-refractivity contribution in [3.63, 3.8) is 0 Å². The van der Waals surface area contributed by atoms with Gasteiger partial charge in [0.2, 0.25) is 0 Å². The van der Waals surface area contributed by atoms with Gasteiger partial charge in [-0.1, -0.05) is 28.1 Å². The fourth-order valence-corrected chi connectivity index (χ4v) is 3.56. The molecule has 72 valence electrons. The Kier molecular flexibility index (Phi) is 3.02. The molecule has 0 amide bonds. The number of halogens is 1. The second-order valence-electron chi connectivity index (χ2n) is 2.61. The number of rotatable bonds is 1. The maximum atomic E-state index is 9.65. The van der Waals surface area contributed by atoms with Crippen LogP contribution in [-0.2, 0) is 0 Å². The minimum Gasteiger partial charge on any atom is -0.507 e. The van der Waals surface area contributed by atoms with E-state index < -0.39 is 0 Å². The van der Waals surface area contributed by atoms with Crippen molar-refractivity contribution in [2.24, 2.45) is 0 Å². The Bertz CT molecular complexity index is 515. The number of benzene rings is 1. The summed E-state index contributed by atoms with van der Waals surface area (Å²) in [5.74, 6) is 0.289. The first-order valence-electron chi connectivity index (χ1n) is 3.74. The lowest BCUT2D eigenvalue weighted by Crippen LogP contribution is -1.74. The maximum absolute atomic E-state index is 9.65. The van der Waals surface area contributed by atoms with E-state index in [2.05, 4.69) is 15.9 Å². The van der Waals surface area contributed by atoms with Crippen LogP contribution in [-0.4, -0.2) is 5.11 Å². The Labute approximate surface area is 103 Å². The highest BCUT2D eigenvalue weighted by Crippen LogP contribution is 2.36. The third kappa shape index (κ3) is 2.06. The van der Waals surface area contributed by atoms with E-state index in [0.717, 1.165) is 18.1 Å². The third-order valence-electron chi connectivity index (χ3n) is 1.68. The van der Waals surface area contributed by atoms with Gasteiger partial charge >= 0.3 is 0 Å². The molecule has 0 unspecified atom stereocenters. The molecule has 0 aliphatic heterocycles. The molecule has 0 spiro atoms. The summed E-state index contributed by atoms with van der Waals surface area (Å²) in [6.45, 7) is 0. The largest absolute Gasteiger partial charge is 0.507 e. The number of hydrogen-bond acceptors (Lipinski definition) is 4. The number of phenols is 1. The molecule has 1 aromatic heterocycles. The third-order valence-corrected chi connectivity index (χ3v) is 4.67. The SMILES string of the molecule is Oc1ccc(Br)cc1-c1csc(=S)s1. The molecule has 1 nitrogen and oxygen atoms in total. The van der Waals surface area contributed by atoms with Gasteiger partial charge in [0, 0.05) is 15.4 Å². The first kappa shape index (κ1) is 10.3. The van der Waals surface area contributed by atoms with Gasteiger partial charge < -0.3 is 5.11 Å². The molecule has 2 aromatic rings. The van der Waals surface area contributed by atoms with Crippen molar-refractivity contribution in [1.82, 2.24) is 0 Å². The van der Waals surface area contributed by atoms with Crippen molar-refractivity contribution in [2.45, 2.75) is 0 Å². The van der Waals surface area contributed by atoms with Crippen LogP contribution < -0.4 is 0 Å². The molecule has 1 heterocycles. The van der Waals surface area contributed by atoms with E-state index in [1.165, 1.54) is 22.7 Å². The quantitative estimate of drug-likeness (QED) is 0.772. The molecule has 1 N–H and O–H groups in total. The summed E-state index contributed by atoms with van der Waals surface area (Å²) in [7, 11) is 0. The van der Waals surface area contributed by atoms with Crippen LogP contribution in [0.3, 0.4) is 0 Å². The van der Waals surface area contributed by atoms with E-state index in [-0.39, 0.29) is 5.75 Å². The zero-order valence-electron chi connectivity index (χ0n) is 6.86. The fourth-order valence-electron chi connectivity index (χ4n) is 1.06. The molecule has 2 rings (SSSR count). The lowest BCUT2D eigenvalue weighted by molar-refractivity contribution is 0.477. The average Bonchev–Trinajstić information content (AvgIpc) is 2.56. The second kappa shape index (κ2) is 4.10. The fraction of sp³-hybridized carbons (Fsp3) is 0. The van der Waals surface area contributed by atoms with Gasteiger partial charge in [-0.3, -0.25) is 0 Å². The summed E-state index contributed by atoms with van der Waals surface area (Å²) in [5, 5.41) is 11.6. The van der Waals surface area contributed by atoms with Gasteiger partial charge in [0.05, 0.1) is 4.88 Å². The zero-order valence-corrected chi connectivity index (χ0v) is 10.9. The van der Waals surface area contributed by atoms with Gasteiger partial charge in [-0.15, -0.1) is 22.7 Å². The number of hydrogen-bond donors (Lipinski definition) is 1. The van der Waals surface area contributed by atoms with Crippen LogP contribution in [0.2, 0.25) is 0 Å². The van der Waals surface area contributed by atoms with E-state index >= 15 is 0 Å². The maximum Gasteiger partial charge on any atom is 0.144 e. The summed E-state index contributed by atoms with van der Waals surface area (Å²) >= 11 is 11.5. The molecule has 0 saturated heterocycles. The lowest BCUT2D eigenvalue weighted by atomic mass is 10.2. The highest BCUT2D eigenvalue weighted by molar-refractivity contribution is 9.10. The average molecular weight is 305 g/mol. The number of phenolic OH excluding ortho intramolecular Hbond substituents is 1. The molecule has 1 aromatic carbocycles. The molecule has 0 bridgehead atoms. The molecule has 0 radical (unpaired) electrons. The van der Waals surface area contributed by atoms with E-state index in [9.17, 15) is 5.11 Å². The molecule has 0 aliphatic carbocycles. The molecule has 0 saturated carbocycles. The Morgan fingerprint density at radius 2 is 2.14 bits per heavy atom. The van der Waals surface area contributed by atoms with Crippen LogP contribution in [0.15, 0.2) is 28.1 Å². The highest BCUT2D eigenvalue weighted by Gasteiger charge is 2.06. The first-order valence-corrected chi connectivity index (χ1v) is 6.64. The summed E-state index contributed by atoms with van der Waals surface area (Å²) in [6.07, 6.45) is 0. The van der Waals surface area contributed by atoms with Crippen molar-refractivity contribution in [3.05, 3.63) is 31.2 Å². The van der Waals surface area contributed by atoms with Gasteiger partial charge in [0.25, 0.3) is 0 Å². The summed E-state index contributed by atoms with van der Waals surface area (Å²) in [4.78, 5) is 1.01. The van der Waals surface area contributed by atoms with E-state index in [4.69, 9.17) is 12.2 Å². The molecule has 0 atom stereocenters. The van der Waals surface area contributed by atoms with E-state index in [1.807, 2.05) is 17.5 Å². The molecule has 5 heteroatoms. The Morgan fingerprint density at radius 1 is 1.36 bits per heavy atom. The monoisotopic (exact) mass is 304 g/mol. The van der Waals surface area contributed by atoms with Crippen LogP contribution in [0.1, 0.15) is 0 Å². The Balaban J connectivity index is 2.61.